The van der Waals surface area contributed by atoms with E-state index >= 15 is 0 Å². The zero-order valence-electron chi connectivity index (χ0n) is 28.3. The van der Waals surface area contributed by atoms with E-state index < -0.39 is 0 Å². The average Bonchev–Trinajstić information content (AvgIpc) is 3.86. The van der Waals surface area contributed by atoms with E-state index in [-0.39, 0.29) is 5.82 Å². The molecule has 1 aliphatic heterocycles. The maximum absolute atomic E-state index is 14.6. The molecule has 0 amide bonds. The van der Waals surface area contributed by atoms with Gasteiger partial charge in [0.2, 0.25) is 0 Å². The van der Waals surface area contributed by atoms with Gasteiger partial charge in [-0.05, 0) is 124 Å². The lowest BCUT2D eigenvalue weighted by atomic mass is 9.95. The van der Waals surface area contributed by atoms with Gasteiger partial charge in [-0.15, -0.1) is 13.2 Å². The molecule has 3 N–H and O–H groups in total. The van der Waals surface area contributed by atoms with E-state index in [9.17, 15) is 4.39 Å². The van der Waals surface area contributed by atoms with Crippen LogP contribution >= 0.6 is 0 Å². The first kappa shape index (κ1) is 35.2. The summed E-state index contributed by atoms with van der Waals surface area (Å²) in [4.78, 5) is 15.6. The third kappa shape index (κ3) is 8.58. The molecule has 1 fully saturated rings. The van der Waals surface area contributed by atoms with E-state index in [1.807, 2.05) is 64.5 Å². The highest BCUT2D eigenvalue weighted by Crippen LogP contribution is 2.34. The summed E-state index contributed by atoms with van der Waals surface area (Å²) in [5, 5.41) is 10.9. The topological polar surface area (TPSA) is 85.5 Å². The number of likely N-dealkylation sites (tertiary alicyclic amines) is 1. The summed E-state index contributed by atoms with van der Waals surface area (Å²) in [5.41, 5.74) is 10.7. The Bertz CT molecular complexity index is 1790. The van der Waals surface area contributed by atoms with Gasteiger partial charge in [0, 0.05) is 35.8 Å². The number of aromatic amines is 2. The number of fused-ring (bicyclic) bond motifs is 1. The zero-order chi connectivity index (χ0) is 33.8. The van der Waals surface area contributed by atoms with E-state index in [4.69, 9.17) is 4.98 Å². The summed E-state index contributed by atoms with van der Waals surface area (Å²) in [5.74, 6) is -0.272. The average molecular weight is 634 g/mol. The minimum absolute atomic E-state index is 0.272. The van der Waals surface area contributed by atoms with Crippen molar-refractivity contribution in [3.63, 3.8) is 0 Å². The van der Waals surface area contributed by atoms with Gasteiger partial charge >= 0.3 is 0 Å². The lowest BCUT2D eigenvalue weighted by Crippen LogP contribution is -2.20. The highest BCUT2D eigenvalue weighted by molar-refractivity contribution is 5.92. The Balaban J connectivity index is 0.00000120. The summed E-state index contributed by atoms with van der Waals surface area (Å²) in [7, 11) is 1.85. The molecule has 246 valence electrons. The first-order chi connectivity index (χ1) is 23.0. The Morgan fingerprint density at radius 3 is 2.57 bits per heavy atom. The Morgan fingerprint density at radius 1 is 1.04 bits per heavy atom. The molecular weight excluding hydrogens is 585 g/mol. The molecule has 47 heavy (non-hydrogen) atoms. The van der Waals surface area contributed by atoms with E-state index in [1.54, 1.807) is 18.2 Å². The van der Waals surface area contributed by atoms with Gasteiger partial charge in [-0.3, -0.25) is 10.1 Å². The molecule has 1 aliphatic rings. The monoisotopic (exact) mass is 633 g/mol. The van der Waals surface area contributed by atoms with Gasteiger partial charge in [0.1, 0.15) is 17.0 Å². The fourth-order valence-corrected chi connectivity index (χ4v) is 6.06. The molecule has 6 rings (SSSR count). The van der Waals surface area contributed by atoms with Gasteiger partial charge in [-0.2, -0.15) is 5.10 Å². The number of aryl methyl sites for hydroxylation is 2. The molecule has 4 aromatic heterocycles. The lowest BCUT2D eigenvalue weighted by molar-refractivity contribution is 0.334. The van der Waals surface area contributed by atoms with Crippen LogP contribution in [0.25, 0.3) is 39.3 Å². The standard InChI is InChI=1S/C35H38FN7.C2H6.C2H4/c1-4-8-29(26-16-25(20-37-3)17-28(36)18-26)30-19-33(39-23(30)2)35-34-32(41-42-35)11-10-31(40-34)27-15-24(21-38-22-27)9-7-14-43-12-5-6-13-43;2*1-2/h4,8,10-11,15-19,21-22,37,39H,1,5-7,9,12-14,20H2,2-3H3,(H,41,42);1-2H3;1-2H2/b29-8-;;. The Morgan fingerprint density at radius 2 is 1.83 bits per heavy atom. The Labute approximate surface area is 278 Å². The van der Waals surface area contributed by atoms with Crippen LogP contribution in [0.15, 0.2) is 86.7 Å². The first-order valence-electron chi connectivity index (χ1n) is 16.5. The van der Waals surface area contributed by atoms with E-state index in [0.717, 1.165) is 81.0 Å². The minimum atomic E-state index is -0.272. The summed E-state index contributed by atoms with van der Waals surface area (Å²) in [6.07, 6.45) is 12.3. The molecular formula is C39H48FN7. The molecule has 1 saturated heterocycles. The second kappa shape index (κ2) is 17.3. The van der Waals surface area contributed by atoms with E-state index in [1.165, 1.54) is 31.5 Å². The number of rotatable bonds is 11. The van der Waals surface area contributed by atoms with Crippen LogP contribution in [0.4, 0.5) is 4.39 Å². The maximum atomic E-state index is 14.6. The normalized spacial score (nSPS) is 13.2. The third-order valence-electron chi connectivity index (χ3n) is 8.13. The van der Waals surface area contributed by atoms with Gasteiger partial charge < -0.3 is 15.2 Å². The molecule has 0 bridgehead atoms. The van der Waals surface area contributed by atoms with Gasteiger partial charge in [-0.25, -0.2) is 9.37 Å². The molecule has 0 radical (unpaired) electrons. The molecule has 5 aromatic rings. The number of benzene rings is 1. The van der Waals surface area contributed by atoms with Gasteiger partial charge in [-0.1, -0.05) is 32.6 Å². The van der Waals surface area contributed by atoms with Crippen molar-refractivity contribution in [3.05, 3.63) is 121 Å². The predicted octanol–water partition coefficient (Wildman–Crippen LogP) is 8.66. The fourth-order valence-electron chi connectivity index (χ4n) is 6.06. The van der Waals surface area contributed by atoms with Crippen LogP contribution in [0.5, 0.6) is 0 Å². The Kier molecular flexibility index (Phi) is 13.0. The Hall–Kier alpha value is -4.66. The third-order valence-corrected chi connectivity index (χ3v) is 8.13. The zero-order valence-corrected chi connectivity index (χ0v) is 28.3. The largest absolute Gasteiger partial charge is 0.357 e. The molecule has 8 heteroatoms. The van der Waals surface area contributed by atoms with Crippen LogP contribution < -0.4 is 5.32 Å². The van der Waals surface area contributed by atoms with Crippen molar-refractivity contribution in [2.45, 2.75) is 53.0 Å². The quantitative estimate of drug-likeness (QED) is 0.100. The number of H-pyrrole nitrogens is 2. The predicted molar refractivity (Wildman–Crippen MR) is 195 cm³/mol. The van der Waals surface area contributed by atoms with E-state index in [2.05, 4.69) is 62.3 Å². The summed E-state index contributed by atoms with van der Waals surface area (Å²) in [6.45, 7) is 20.1. The van der Waals surface area contributed by atoms with Crippen molar-refractivity contribution in [3.8, 4) is 22.6 Å². The minimum Gasteiger partial charge on any atom is -0.357 e. The second-order valence-corrected chi connectivity index (χ2v) is 11.3. The van der Waals surface area contributed by atoms with Gasteiger partial charge in [0.25, 0.3) is 0 Å². The number of allylic oxidation sites excluding steroid dienone is 2. The van der Waals surface area contributed by atoms with Crippen molar-refractivity contribution < 1.29 is 4.39 Å². The number of aromatic nitrogens is 5. The van der Waals surface area contributed by atoms with Gasteiger partial charge in [0.15, 0.2) is 0 Å². The van der Waals surface area contributed by atoms with Crippen molar-refractivity contribution in [1.29, 1.82) is 0 Å². The van der Waals surface area contributed by atoms with Crippen molar-refractivity contribution in [1.82, 2.24) is 35.4 Å². The van der Waals surface area contributed by atoms with Crippen LogP contribution in [-0.2, 0) is 13.0 Å². The van der Waals surface area contributed by atoms with Gasteiger partial charge in [0.05, 0.1) is 16.9 Å². The number of nitrogens with one attached hydrogen (secondary N) is 3. The second-order valence-electron chi connectivity index (χ2n) is 11.3. The number of pyridine rings is 2. The summed E-state index contributed by atoms with van der Waals surface area (Å²) < 4.78 is 14.6. The molecule has 1 aromatic carbocycles. The number of hydrogen-bond acceptors (Lipinski definition) is 5. The molecule has 0 unspecified atom stereocenters. The highest BCUT2D eigenvalue weighted by atomic mass is 19.1. The van der Waals surface area contributed by atoms with Crippen LogP contribution in [0.3, 0.4) is 0 Å². The summed E-state index contributed by atoms with van der Waals surface area (Å²) >= 11 is 0. The van der Waals surface area contributed by atoms with Crippen molar-refractivity contribution in [2.24, 2.45) is 0 Å². The van der Waals surface area contributed by atoms with Crippen LogP contribution in [0.1, 0.15) is 61.1 Å². The maximum Gasteiger partial charge on any atom is 0.135 e. The van der Waals surface area contributed by atoms with Crippen LogP contribution in [0, 0.1) is 12.7 Å². The molecule has 5 heterocycles. The molecule has 0 atom stereocenters. The fraction of sp³-hybridized carbons (Fsp3) is 0.308. The molecule has 0 spiro atoms. The molecule has 0 aliphatic carbocycles. The number of hydrogen-bond donors (Lipinski definition) is 3. The molecule has 0 saturated carbocycles. The lowest BCUT2D eigenvalue weighted by Gasteiger charge is -2.14. The first-order valence-corrected chi connectivity index (χ1v) is 16.5. The van der Waals surface area contributed by atoms with Crippen LogP contribution in [-0.4, -0.2) is 56.7 Å². The number of nitrogens with zero attached hydrogens (tertiary/aromatic N) is 4. The SMILES string of the molecule is C=C.C=C/C=C(/c1cc(F)cc(CNC)c1)c1cc(-c2n[nH]c3ccc(-c4cncc(CCCN5CCCC5)c4)nc23)[nH]c1C.CC. The number of halogens is 1. The smallest absolute Gasteiger partial charge is 0.135 e. The molecule has 7 nitrogen and oxygen atoms in total. The van der Waals surface area contributed by atoms with Crippen molar-refractivity contribution >= 4 is 16.6 Å². The van der Waals surface area contributed by atoms with Crippen molar-refractivity contribution in [2.75, 3.05) is 26.7 Å². The van der Waals surface area contributed by atoms with E-state index in [0.29, 0.717) is 6.54 Å². The summed E-state index contributed by atoms with van der Waals surface area (Å²) in [6, 6.07) is 13.4. The highest BCUT2D eigenvalue weighted by Gasteiger charge is 2.18. The van der Waals surface area contributed by atoms with Crippen LogP contribution in [0.2, 0.25) is 0 Å².